The summed E-state index contributed by atoms with van der Waals surface area (Å²) in [6.45, 7) is 3.31. The molecule has 1 fully saturated rings. The van der Waals surface area contributed by atoms with Crippen LogP contribution in [0.3, 0.4) is 0 Å². The number of benzene rings is 2. The lowest BCUT2D eigenvalue weighted by atomic mass is 10.2. The molecule has 1 aromatic heterocycles. The van der Waals surface area contributed by atoms with Crippen molar-refractivity contribution in [1.29, 1.82) is 0 Å². The minimum Gasteiger partial charge on any atom is -0.367 e. The van der Waals surface area contributed by atoms with Crippen LogP contribution in [0.4, 0.5) is 15.8 Å². The molecular weight excluding hydrogens is 489 g/mol. The maximum absolute atomic E-state index is 13.7. The lowest BCUT2D eigenvalue weighted by molar-refractivity contribution is -0.129. The Bertz CT molecular complexity index is 1330. The molecule has 2 heterocycles. The van der Waals surface area contributed by atoms with Crippen molar-refractivity contribution in [2.45, 2.75) is 11.8 Å². The lowest BCUT2D eigenvalue weighted by Crippen LogP contribution is -2.52. The molecule has 3 aromatic rings. The highest BCUT2D eigenvalue weighted by Gasteiger charge is 2.28. The largest absolute Gasteiger partial charge is 0.367 e. The Labute approximate surface area is 208 Å². The van der Waals surface area contributed by atoms with Crippen LogP contribution in [0.1, 0.15) is 14.5 Å². The zero-order valence-corrected chi connectivity index (χ0v) is 21.1. The van der Waals surface area contributed by atoms with Gasteiger partial charge in [-0.15, -0.1) is 11.3 Å². The summed E-state index contributed by atoms with van der Waals surface area (Å²) in [6, 6.07) is 16.4. The Balaban J connectivity index is 1.48. The van der Waals surface area contributed by atoms with Gasteiger partial charge in [0.05, 0.1) is 15.5 Å². The fraction of sp³-hybridized carbons (Fsp3) is 0.280. The van der Waals surface area contributed by atoms with E-state index in [1.54, 1.807) is 23.1 Å². The van der Waals surface area contributed by atoms with Crippen molar-refractivity contribution < 1.29 is 22.4 Å². The number of nitrogens with zero attached hydrogens (tertiary/aromatic N) is 3. The van der Waals surface area contributed by atoms with Crippen molar-refractivity contribution in [1.82, 2.24) is 4.90 Å². The van der Waals surface area contributed by atoms with Gasteiger partial charge < -0.3 is 9.80 Å². The normalized spacial score (nSPS) is 14.1. The summed E-state index contributed by atoms with van der Waals surface area (Å²) in [7, 11) is -3.62. The summed E-state index contributed by atoms with van der Waals surface area (Å²) in [5.74, 6) is -1.04. The predicted octanol–water partition coefficient (Wildman–Crippen LogP) is 3.59. The number of amides is 2. The molecule has 7 nitrogen and oxygen atoms in total. The van der Waals surface area contributed by atoms with E-state index in [9.17, 15) is 22.4 Å². The standard InChI is InChI=1S/C25H26FN3O4S2/c1-18-8-11-22(34-18)25(31)29(20-6-4-3-5-7-20)17-24(30)28-14-12-27(13-15-28)21-10-9-19(26)16-23(21)35(2,32)33/h3-11,16H,12-15,17H2,1-2H3. The van der Waals surface area contributed by atoms with Gasteiger partial charge in [0.1, 0.15) is 12.4 Å². The Morgan fingerprint density at radius 1 is 1.00 bits per heavy atom. The highest BCUT2D eigenvalue weighted by molar-refractivity contribution is 7.90. The van der Waals surface area contributed by atoms with Gasteiger partial charge in [-0.25, -0.2) is 12.8 Å². The molecule has 1 saturated heterocycles. The van der Waals surface area contributed by atoms with E-state index in [1.807, 2.05) is 36.1 Å². The van der Waals surface area contributed by atoms with Crippen LogP contribution in [0.5, 0.6) is 0 Å². The number of anilines is 2. The molecule has 0 radical (unpaired) electrons. The maximum Gasteiger partial charge on any atom is 0.268 e. The average molecular weight is 516 g/mol. The van der Waals surface area contributed by atoms with E-state index in [0.29, 0.717) is 42.4 Å². The molecule has 2 amide bonds. The first kappa shape index (κ1) is 24.9. The minimum absolute atomic E-state index is 0.0654. The minimum atomic E-state index is -3.62. The summed E-state index contributed by atoms with van der Waals surface area (Å²) in [6.07, 6.45) is 1.05. The van der Waals surface area contributed by atoms with Crippen LogP contribution in [0.15, 0.2) is 65.6 Å². The molecule has 4 rings (SSSR count). The van der Waals surface area contributed by atoms with Crippen molar-refractivity contribution in [2.75, 3.05) is 48.8 Å². The van der Waals surface area contributed by atoms with E-state index in [2.05, 4.69) is 0 Å². The quantitative estimate of drug-likeness (QED) is 0.501. The van der Waals surface area contributed by atoms with Gasteiger partial charge in [0.25, 0.3) is 5.91 Å². The molecule has 0 unspecified atom stereocenters. The molecule has 35 heavy (non-hydrogen) atoms. The number of hydrogen-bond donors (Lipinski definition) is 0. The summed E-state index contributed by atoms with van der Waals surface area (Å²) < 4.78 is 38.0. The highest BCUT2D eigenvalue weighted by atomic mass is 32.2. The van der Waals surface area contributed by atoms with Crippen molar-refractivity contribution in [3.8, 4) is 0 Å². The molecule has 0 saturated carbocycles. The van der Waals surface area contributed by atoms with Gasteiger partial charge in [-0.3, -0.25) is 14.5 Å². The Kier molecular flexibility index (Phi) is 7.23. The number of aryl methyl sites for hydroxylation is 1. The number of sulfone groups is 1. The van der Waals surface area contributed by atoms with Crippen molar-refractivity contribution >= 4 is 44.4 Å². The van der Waals surface area contributed by atoms with E-state index in [4.69, 9.17) is 0 Å². The molecule has 184 valence electrons. The monoisotopic (exact) mass is 515 g/mol. The number of piperazine rings is 1. The third kappa shape index (κ3) is 5.71. The molecule has 10 heteroatoms. The molecule has 2 aromatic carbocycles. The lowest BCUT2D eigenvalue weighted by Gasteiger charge is -2.37. The number of para-hydroxylation sites is 1. The molecule has 0 spiro atoms. The highest BCUT2D eigenvalue weighted by Crippen LogP contribution is 2.28. The van der Waals surface area contributed by atoms with Gasteiger partial charge in [-0.05, 0) is 49.4 Å². The number of rotatable bonds is 6. The van der Waals surface area contributed by atoms with Crippen LogP contribution >= 0.6 is 11.3 Å². The second-order valence-corrected chi connectivity index (χ2v) is 11.7. The van der Waals surface area contributed by atoms with Gasteiger partial charge >= 0.3 is 0 Å². The molecule has 1 aliphatic heterocycles. The number of halogens is 1. The van der Waals surface area contributed by atoms with Crippen LogP contribution in [-0.2, 0) is 14.6 Å². The van der Waals surface area contributed by atoms with Gasteiger partial charge in [0.2, 0.25) is 5.91 Å². The van der Waals surface area contributed by atoms with E-state index < -0.39 is 15.7 Å². The molecule has 0 atom stereocenters. The summed E-state index contributed by atoms with van der Waals surface area (Å²) in [5, 5.41) is 0. The fourth-order valence-electron chi connectivity index (χ4n) is 4.05. The zero-order chi connectivity index (χ0) is 25.2. The van der Waals surface area contributed by atoms with Crippen molar-refractivity contribution in [2.24, 2.45) is 0 Å². The first-order valence-electron chi connectivity index (χ1n) is 11.1. The topological polar surface area (TPSA) is 78.0 Å². The van der Waals surface area contributed by atoms with E-state index in [1.165, 1.54) is 28.4 Å². The van der Waals surface area contributed by atoms with Gasteiger partial charge in [0.15, 0.2) is 9.84 Å². The average Bonchev–Trinajstić information content (AvgIpc) is 3.28. The molecule has 0 bridgehead atoms. The SMILES string of the molecule is Cc1ccc(C(=O)N(CC(=O)N2CCN(c3ccc(F)cc3S(C)(=O)=O)CC2)c2ccccc2)s1. The predicted molar refractivity (Wildman–Crippen MR) is 135 cm³/mol. The zero-order valence-electron chi connectivity index (χ0n) is 19.5. The molecule has 0 N–H and O–H groups in total. The van der Waals surface area contributed by atoms with Crippen LogP contribution in [0, 0.1) is 12.7 Å². The number of thiophene rings is 1. The third-order valence-electron chi connectivity index (χ3n) is 5.85. The van der Waals surface area contributed by atoms with Crippen LogP contribution in [-0.4, -0.2) is 64.1 Å². The van der Waals surface area contributed by atoms with Crippen LogP contribution in [0.2, 0.25) is 0 Å². The second-order valence-electron chi connectivity index (χ2n) is 8.39. The summed E-state index contributed by atoms with van der Waals surface area (Å²) in [4.78, 5) is 33.0. The van der Waals surface area contributed by atoms with Gasteiger partial charge in [0, 0.05) is 43.0 Å². The fourth-order valence-corrected chi connectivity index (χ4v) is 5.77. The first-order valence-corrected chi connectivity index (χ1v) is 13.8. The molecule has 0 aliphatic carbocycles. The number of hydrogen-bond acceptors (Lipinski definition) is 6. The smallest absolute Gasteiger partial charge is 0.268 e. The van der Waals surface area contributed by atoms with E-state index in [-0.39, 0.29) is 23.3 Å². The first-order chi connectivity index (χ1) is 16.6. The number of carbonyl (C=O) groups is 2. The molecule has 1 aliphatic rings. The Morgan fingerprint density at radius 2 is 1.69 bits per heavy atom. The Hall–Kier alpha value is -3.24. The van der Waals surface area contributed by atoms with Gasteiger partial charge in [-0.2, -0.15) is 0 Å². The van der Waals surface area contributed by atoms with Gasteiger partial charge in [-0.1, -0.05) is 18.2 Å². The summed E-state index contributed by atoms with van der Waals surface area (Å²) >= 11 is 1.39. The third-order valence-corrected chi connectivity index (χ3v) is 7.97. The summed E-state index contributed by atoms with van der Waals surface area (Å²) in [5.41, 5.74) is 1.06. The second kappa shape index (κ2) is 10.2. The van der Waals surface area contributed by atoms with Crippen LogP contribution < -0.4 is 9.80 Å². The Morgan fingerprint density at radius 3 is 2.29 bits per heavy atom. The molecular formula is C25H26FN3O4S2. The van der Waals surface area contributed by atoms with E-state index in [0.717, 1.165) is 17.2 Å². The van der Waals surface area contributed by atoms with E-state index >= 15 is 0 Å². The number of carbonyl (C=O) groups excluding carboxylic acids is 2. The van der Waals surface area contributed by atoms with Crippen molar-refractivity contribution in [3.05, 3.63) is 76.2 Å². The van der Waals surface area contributed by atoms with Crippen LogP contribution in [0.25, 0.3) is 0 Å². The maximum atomic E-state index is 13.7. The van der Waals surface area contributed by atoms with Crippen molar-refractivity contribution in [3.63, 3.8) is 0 Å².